The quantitative estimate of drug-likeness (QED) is 0.495. The van der Waals surface area contributed by atoms with E-state index >= 15 is 0 Å². The molecule has 2 aromatic carbocycles. The Morgan fingerprint density at radius 3 is 1.12 bits per heavy atom. The van der Waals surface area contributed by atoms with E-state index in [1.54, 1.807) is 0 Å². The van der Waals surface area contributed by atoms with Gasteiger partial charge >= 0.3 is 19.5 Å². The summed E-state index contributed by atoms with van der Waals surface area (Å²) in [4.78, 5) is 0. The first-order valence-electron chi connectivity index (χ1n) is 5.36. The normalized spacial score (nSPS) is 8.59. The molecule has 0 heterocycles. The van der Waals surface area contributed by atoms with Gasteiger partial charge in [-0.15, -0.1) is 24.3 Å². The maximum absolute atomic E-state index is 3.82. The van der Waals surface area contributed by atoms with Crippen LogP contribution in [0.2, 0.25) is 0 Å². The fourth-order valence-electron chi connectivity index (χ4n) is 1.22. The molecule has 0 bridgehead atoms. The van der Waals surface area contributed by atoms with Crippen molar-refractivity contribution >= 4 is 0 Å². The molecule has 0 spiro atoms. The van der Waals surface area contributed by atoms with Gasteiger partial charge in [-0.25, -0.2) is 0 Å². The molecule has 0 fully saturated rings. The van der Waals surface area contributed by atoms with Crippen molar-refractivity contribution in [3.8, 4) is 0 Å². The molecule has 0 aromatic heterocycles. The molecule has 0 saturated heterocycles. The van der Waals surface area contributed by atoms with Crippen LogP contribution in [0, 0.1) is 27.7 Å². The van der Waals surface area contributed by atoms with E-state index in [1.807, 2.05) is 36.4 Å². The average molecular weight is 276 g/mol. The maximum Gasteiger partial charge on any atom is 2.00 e. The summed E-state index contributed by atoms with van der Waals surface area (Å²) in [6, 6.07) is 16.2. The summed E-state index contributed by atoms with van der Waals surface area (Å²) in [5.41, 5.74) is 4.75. The van der Waals surface area contributed by atoms with Gasteiger partial charge in [0.1, 0.15) is 0 Å². The number of hydrogen-bond donors (Lipinski definition) is 0. The molecule has 0 N–H and O–H groups in total. The molecule has 0 saturated carbocycles. The molecule has 0 aliphatic rings. The molecule has 2 aromatic rings. The van der Waals surface area contributed by atoms with Crippen molar-refractivity contribution in [2.24, 2.45) is 0 Å². The van der Waals surface area contributed by atoms with Crippen LogP contribution < -0.4 is 0 Å². The summed E-state index contributed by atoms with van der Waals surface area (Å²) in [6.45, 7) is 11.8. The van der Waals surface area contributed by atoms with Gasteiger partial charge in [-0.05, 0) is 0 Å². The van der Waals surface area contributed by atoms with Gasteiger partial charge in [-0.2, -0.15) is 48.2 Å². The summed E-state index contributed by atoms with van der Waals surface area (Å²) in [7, 11) is 0. The van der Waals surface area contributed by atoms with Gasteiger partial charge in [-0.3, -0.25) is 0 Å². The summed E-state index contributed by atoms with van der Waals surface area (Å²) < 4.78 is 0. The van der Waals surface area contributed by atoms with E-state index in [2.05, 4.69) is 39.8 Å². The maximum atomic E-state index is 3.82. The van der Waals surface area contributed by atoms with Crippen molar-refractivity contribution in [1.82, 2.24) is 0 Å². The number of rotatable bonds is 0. The van der Waals surface area contributed by atoms with E-state index in [0.717, 1.165) is 11.1 Å². The summed E-state index contributed by atoms with van der Waals surface area (Å²) >= 11 is 0. The minimum Gasteiger partial charge on any atom is -0.198 e. The zero-order valence-corrected chi connectivity index (χ0v) is 13.7. The second-order valence-electron chi connectivity index (χ2n) is 3.85. The van der Waals surface area contributed by atoms with Gasteiger partial charge < -0.3 is 0 Å². The van der Waals surface area contributed by atoms with Crippen LogP contribution in [-0.2, 0) is 19.5 Å². The van der Waals surface area contributed by atoms with Gasteiger partial charge in [0.2, 0.25) is 0 Å². The van der Waals surface area contributed by atoms with Gasteiger partial charge in [0.05, 0.1) is 0 Å². The predicted octanol–water partition coefficient (Wildman–Crippen LogP) is 4.35. The minimum atomic E-state index is 0. The van der Waals surface area contributed by atoms with Crippen molar-refractivity contribution in [2.75, 3.05) is 0 Å². The first-order valence-corrected chi connectivity index (χ1v) is 5.36. The molecule has 0 nitrogen and oxygen atoms in total. The second-order valence-corrected chi connectivity index (χ2v) is 3.85. The van der Waals surface area contributed by atoms with Crippen LogP contribution in [0.5, 0.6) is 0 Å². The van der Waals surface area contributed by atoms with E-state index in [1.165, 1.54) is 11.1 Å². The monoisotopic (exact) mass is 274 g/mol. The van der Waals surface area contributed by atoms with Crippen LogP contribution in [0.1, 0.15) is 22.3 Å². The van der Waals surface area contributed by atoms with Crippen LogP contribution in [-0.4, -0.2) is 0 Å². The molecule has 2 rings (SSSR count). The molecule has 17 heavy (non-hydrogen) atoms. The van der Waals surface area contributed by atoms with Crippen LogP contribution >= 0.6 is 0 Å². The Balaban J connectivity index is 0.000000284. The average Bonchev–Trinajstić information content (AvgIpc) is 2.28. The molecule has 1 heteroatoms. The van der Waals surface area contributed by atoms with Crippen molar-refractivity contribution in [3.63, 3.8) is 0 Å². The molecule has 84 valence electrons. The Morgan fingerprint density at radius 2 is 0.941 bits per heavy atom. The molecule has 0 aliphatic heterocycles. The van der Waals surface area contributed by atoms with Crippen molar-refractivity contribution in [1.29, 1.82) is 0 Å². The van der Waals surface area contributed by atoms with Crippen LogP contribution in [0.25, 0.3) is 0 Å². The summed E-state index contributed by atoms with van der Waals surface area (Å²) in [6.07, 6.45) is 0. The third kappa shape index (κ3) is 5.61. The largest absolute Gasteiger partial charge is 2.00 e. The molecule has 0 unspecified atom stereocenters. The number of hydrogen-bond acceptors (Lipinski definition) is 0. The zero-order valence-electron chi connectivity index (χ0n) is 10.7. The minimum absolute atomic E-state index is 0. The van der Waals surface area contributed by atoms with E-state index in [-0.39, 0.29) is 19.5 Å². The first kappa shape index (κ1) is 15.8. The van der Waals surface area contributed by atoms with Crippen molar-refractivity contribution in [2.45, 2.75) is 13.8 Å². The molecular weight excluding hydrogens is 258 g/mol. The molecule has 0 atom stereocenters. The standard InChI is InChI=1S/2C8H9.Zn/c2*1-7-5-3-4-6-8(7)2;/h2*3-6H,1H2,2H3;/q2*-1;+2. The van der Waals surface area contributed by atoms with Gasteiger partial charge in [0.25, 0.3) is 0 Å². The number of aryl methyl sites for hydroxylation is 2. The van der Waals surface area contributed by atoms with Crippen molar-refractivity contribution < 1.29 is 19.5 Å². The van der Waals surface area contributed by atoms with Crippen LogP contribution in [0.3, 0.4) is 0 Å². The SMILES string of the molecule is [CH2-]c1ccccc1C.[CH2-]c1ccccc1C.[Zn+2]. The van der Waals surface area contributed by atoms with E-state index in [0.29, 0.717) is 0 Å². The Morgan fingerprint density at radius 1 is 0.647 bits per heavy atom. The third-order valence-corrected chi connectivity index (χ3v) is 2.52. The zero-order chi connectivity index (χ0) is 12.0. The van der Waals surface area contributed by atoms with Gasteiger partial charge in [0, 0.05) is 0 Å². The summed E-state index contributed by atoms with van der Waals surface area (Å²) in [5, 5.41) is 0. The Bertz CT molecular complexity index is 361. The first-order chi connectivity index (χ1) is 7.61. The third-order valence-electron chi connectivity index (χ3n) is 2.52. The molecular formula is C16H18Zn. The second kappa shape index (κ2) is 7.98. The Labute approximate surface area is 118 Å². The van der Waals surface area contributed by atoms with E-state index in [4.69, 9.17) is 0 Å². The fourth-order valence-corrected chi connectivity index (χ4v) is 1.22. The molecule has 0 radical (unpaired) electrons. The van der Waals surface area contributed by atoms with E-state index < -0.39 is 0 Å². The van der Waals surface area contributed by atoms with Crippen molar-refractivity contribution in [3.05, 3.63) is 84.6 Å². The van der Waals surface area contributed by atoms with E-state index in [9.17, 15) is 0 Å². The molecule has 0 amide bonds. The fraction of sp³-hybridized carbons (Fsp3) is 0.125. The predicted molar refractivity (Wildman–Crippen MR) is 71.3 cm³/mol. The molecule has 0 aliphatic carbocycles. The Hall–Kier alpha value is -1.20. The topological polar surface area (TPSA) is 0 Å². The van der Waals surface area contributed by atoms with Gasteiger partial charge in [0.15, 0.2) is 0 Å². The summed E-state index contributed by atoms with van der Waals surface area (Å²) in [5.74, 6) is 0. The smallest absolute Gasteiger partial charge is 0.198 e. The number of benzene rings is 2. The van der Waals surface area contributed by atoms with Crippen LogP contribution in [0.15, 0.2) is 48.5 Å². The Kier molecular flexibility index (Phi) is 7.42. The van der Waals surface area contributed by atoms with Gasteiger partial charge in [-0.1, -0.05) is 26.0 Å². The van der Waals surface area contributed by atoms with Crippen LogP contribution in [0.4, 0.5) is 0 Å².